The largest absolute Gasteiger partial charge is 0.494 e. The van der Waals surface area contributed by atoms with E-state index in [1.165, 1.54) is 0 Å². The number of methoxy groups -OCH3 is 1. The van der Waals surface area contributed by atoms with E-state index in [2.05, 4.69) is 11.2 Å². The zero-order chi connectivity index (χ0) is 16.6. The van der Waals surface area contributed by atoms with Crippen molar-refractivity contribution in [2.75, 3.05) is 18.7 Å². The van der Waals surface area contributed by atoms with E-state index < -0.39 is 0 Å². The molecular weight excluding hydrogens is 292 g/mol. The fourth-order valence-corrected chi connectivity index (χ4v) is 3.00. The van der Waals surface area contributed by atoms with E-state index in [9.17, 15) is 5.26 Å². The van der Waals surface area contributed by atoms with Crippen molar-refractivity contribution >= 4 is 11.4 Å². The predicted octanol–water partition coefficient (Wildman–Crippen LogP) is 2.38. The maximum absolute atomic E-state index is 9.62. The van der Waals surface area contributed by atoms with Crippen molar-refractivity contribution in [2.24, 2.45) is 16.8 Å². The molecular formula is C17H20N4O2. The number of allylic oxidation sites excluding steroid dienone is 1. The number of hydrogen-bond donors (Lipinski definition) is 1. The van der Waals surface area contributed by atoms with E-state index in [1.54, 1.807) is 12.1 Å². The molecule has 3 rings (SSSR count). The number of para-hydroxylation sites is 2. The molecule has 2 aliphatic rings. The second kappa shape index (κ2) is 5.60. The second-order valence-corrected chi connectivity index (χ2v) is 6.29. The van der Waals surface area contributed by atoms with Gasteiger partial charge in [0.05, 0.1) is 36.7 Å². The molecule has 0 radical (unpaired) electrons. The normalized spacial score (nSPS) is 23.0. The Morgan fingerprint density at radius 2 is 2.17 bits per heavy atom. The van der Waals surface area contributed by atoms with Gasteiger partial charge in [-0.15, -0.1) is 0 Å². The minimum absolute atomic E-state index is 0.0882. The van der Waals surface area contributed by atoms with Gasteiger partial charge < -0.3 is 15.2 Å². The zero-order valence-corrected chi connectivity index (χ0v) is 13.5. The van der Waals surface area contributed by atoms with Gasteiger partial charge in [-0.05, 0) is 32.4 Å². The van der Waals surface area contributed by atoms with Gasteiger partial charge in [0, 0.05) is 5.92 Å². The first kappa shape index (κ1) is 15.4. The Bertz CT molecular complexity index is 730. The summed E-state index contributed by atoms with van der Waals surface area (Å²) in [5, 5.41) is 15.8. The number of fused-ring (bicyclic) bond motifs is 1. The standard InChI is InChI=1S/C17H20N4O2/c1-17(2)8-11-12(9-18)16(19)21(20-13(11)10-23-17)14-6-4-5-7-15(14)22-3/h4-7,11H,8,10,19H2,1-3H3. The molecule has 1 aromatic rings. The molecule has 1 atom stereocenters. The minimum atomic E-state index is -0.293. The number of hydrogen-bond acceptors (Lipinski definition) is 6. The number of anilines is 1. The van der Waals surface area contributed by atoms with Crippen LogP contribution in [0.4, 0.5) is 5.69 Å². The van der Waals surface area contributed by atoms with Crippen molar-refractivity contribution in [3.05, 3.63) is 35.7 Å². The second-order valence-electron chi connectivity index (χ2n) is 6.29. The molecule has 0 amide bonds. The van der Waals surface area contributed by atoms with E-state index in [4.69, 9.17) is 15.2 Å². The Labute approximate surface area is 135 Å². The molecule has 2 aliphatic heterocycles. The van der Waals surface area contributed by atoms with E-state index in [-0.39, 0.29) is 11.5 Å². The molecule has 0 aliphatic carbocycles. The molecule has 23 heavy (non-hydrogen) atoms. The molecule has 2 N–H and O–H groups in total. The Kier molecular flexibility index (Phi) is 3.74. The summed E-state index contributed by atoms with van der Waals surface area (Å²) in [7, 11) is 1.59. The lowest BCUT2D eigenvalue weighted by atomic mass is 9.81. The van der Waals surface area contributed by atoms with Crippen LogP contribution in [0.2, 0.25) is 0 Å². The molecule has 1 unspecified atom stereocenters. The van der Waals surface area contributed by atoms with Gasteiger partial charge in [0.1, 0.15) is 17.3 Å². The first-order valence-corrected chi connectivity index (χ1v) is 7.51. The van der Waals surface area contributed by atoms with Gasteiger partial charge in [-0.1, -0.05) is 12.1 Å². The molecule has 6 nitrogen and oxygen atoms in total. The lowest BCUT2D eigenvalue weighted by Crippen LogP contribution is -2.45. The third kappa shape index (κ3) is 2.64. The molecule has 120 valence electrons. The number of hydrazone groups is 1. The van der Waals surface area contributed by atoms with Crippen LogP contribution in [-0.2, 0) is 4.74 Å². The summed E-state index contributed by atoms with van der Waals surface area (Å²) in [5.41, 5.74) is 8.04. The Morgan fingerprint density at radius 3 is 2.87 bits per heavy atom. The topological polar surface area (TPSA) is 83.9 Å². The van der Waals surface area contributed by atoms with Crippen LogP contribution < -0.4 is 15.5 Å². The highest BCUT2D eigenvalue weighted by atomic mass is 16.5. The SMILES string of the molecule is COc1ccccc1N1N=C2COC(C)(C)CC2C(C#N)=C1N. The molecule has 1 fully saturated rings. The van der Waals surface area contributed by atoms with Gasteiger partial charge in [-0.3, -0.25) is 0 Å². The quantitative estimate of drug-likeness (QED) is 0.906. The summed E-state index contributed by atoms with van der Waals surface area (Å²) >= 11 is 0. The number of rotatable bonds is 2. The fourth-order valence-electron chi connectivity index (χ4n) is 3.00. The number of ether oxygens (including phenoxy) is 2. The highest BCUT2D eigenvalue weighted by molar-refractivity contribution is 5.94. The van der Waals surface area contributed by atoms with Crippen molar-refractivity contribution in [1.82, 2.24) is 0 Å². The maximum atomic E-state index is 9.62. The fraction of sp³-hybridized carbons (Fsp3) is 0.412. The first-order chi connectivity index (χ1) is 11.0. The van der Waals surface area contributed by atoms with E-state index in [1.807, 2.05) is 38.1 Å². The van der Waals surface area contributed by atoms with Crippen LogP contribution in [0, 0.1) is 17.2 Å². The lowest BCUT2D eigenvalue weighted by Gasteiger charge is -2.40. The van der Waals surface area contributed by atoms with Crippen LogP contribution in [0.25, 0.3) is 0 Å². The first-order valence-electron chi connectivity index (χ1n) is 7.51. The van der Waals surface area contributed by atoms with E-state index in [0.717, 1.165) is 5.71 Å². The average Bonchev–Trinajstić information content (AvgIpc) is 2.54. The number of nitriles is 1. The molecule has 0 saturated carbocycles. The third-order valence-corrected chi connectivity index (χ3v) is 4.22. The summed E-state index contributed by atoms with van der Waals surface area (Å²) in [6.07, 6.45) is 0.690. The molecule has 0 aromatic heterocycles. The van der Waals surface area contributed by atoms with Gasteiger partial charge in [0.2, 0.25) is 0 Å². The number of nitrogens with two attached hydrogens (primary N) is 1. The van der Waals surface area contributed by atoms with Gasteiger partial charge in [0.25, 0.3) is 0 Å². The molecule has 2 heterocycles. The molecule has 0 bridgehead atoms. The van der Waals surface area contributed by atoms with Gasteiger partial charge in [-0.25, -0.2) is 5.01 Å². The smallest absolute Gasteiger partial charge is 0.144 e. The van der Waals surface area contributed by atoms with Gasteiger partial charge >= 0.3 is 0 Å². The van der Waals surface area contributed by atoms with Crippen LogP contribution in [0.15, 0.2) is 40.8 Å². The molecule has 6 heteroatoms. The summed E-state index contributed by atoms with van der Waals surface area (Å²) < 4.78 is 11.2. The van der Waals surface area contributed by atoms with Crippen LogP contribution in [0.3, 0.4) is 0 Å². The molecule has 1 saturated heterocycles. The number of nitrogens with zero attached hydrogens (tertiary/aromatic N) is 3. The van der Waals surface area contributed by atoms with E-state index in [0.29, 0.717) is 35.9 Å². The number of benzene rings is 1. The van der Waals surface area contributed by atoms with Crippen molar-refractivity contribution in [1.29, 1.82) is 5.26 Å². The predicted molar refractivity (Wildman–Crippen MR) is 87.9 cm³/mol. The van der Waals surface area contributed by atoms with Crippen LogP contribution >= 0.6 is 0 Å². The van der Waals surface area contributed by atoms with Gasteiger partial charge in [0.15, 0.2) is 0 Å². The van der Waals surface area contributed by atoms with E-state index >= 15 is 0 Å². The lowest BCUT2D eigenvalue weighted by molar-refractivity contribution is -0.0218. The van der Waals surface area contributed by atoms with Crippen molar-refractivity contribution in [3.8, 4) is 11.8 Å². The Hall–Kier alpha value is -2.52. The average molecular weight is 312 g/mol. The third-order valence-electron chi connectivity index (χ3n) is 4.22. The Morgan fingerprint density at radius 1 is 1.43 bits per heavy atom. The van der Waals surface area contributed by atoms with Crippen molar-refractivity contribution in [3.63, 3.8) is 0 Å². The van der Waals surface area contributed by atoms with Crippen LogP contribution in [0.1, 0.15) is 20.3 Å². The zero-order valence-electron chi connectivity index (χ0n) is 13.5. The highest BCUT2D eigenvalue weighted by Gasteiger charge is 2.40. The van der Waals surface area contributed by atoms with Gasteiger partial charge in [-0.2, -0.15) is 10.4 Å². The minimum Gasteiger partial charge on any atom is -0.494 e. The van der Waals surface area contributed by atoms with Crippen LogP contribution in [-0.4, -0.2) is 25.0 Å². The van der Waals surface area contributed by atoms with Crippen molar-refractivity contribution < 1.29 is 9.47 Å². The maximum Gasteiger partial charge on any atom is 0.144 e. The monoisotopic (exact) mass is 312 g/mol. The van der Waals surface area contributed by atoms with Crippen LogP contribution in [0.5, 0.6) is 5.75 Å². The van der Waals surface area contributed by atoms with Crippen molar-refractivity contribution in [2.45, 2.75) is 25.9 Å². The Balaban J connectivity index is 2.07. The molecule has 1 aromatic carbocycles. The highest BCUT2D eigenvalue weighted by Crippen LogP contribution is 2.39. The summed E-state index contributed by atoms with van der Waals surface area (Å²) in [6, 6.07) is 9.71. The summed E-state index contributed by atoms with van der Waals surface area (Å²) in [4.78, 5) is 0. The summed E-state index contributed by atoms with van der Waals surface area (Å²) in [5.74, 6) is 0.908. The summed E-state index contributed by atoms with van der Waals surface area (Å²) in [6.45, 7) is 4.42. The molecule has 0 spiro atoms.